The van der Waals surface area contributed by atoms with Crippen molar-refractivity contribution < 1.29 is 26.8 Å². The summed E-state index contributed by atoms with van der Waals surface area (Å²) in [6, 6.07) is 13.2. The Morgan fingerprint density at radius 1 is 1.15 bits per heavy atom. The van der Waals surface area contributed by atoms with Crippen molar-refractivity contribution in [3.63, 3.8) is 0 Å². The normalized spacial score (nSPS) is 11.6. The van der Waals surface area contributed by atoms with Gasteiger partial charge in [-0.05, 0) is 55.8 Å². The van der Waals surface area contributed by atoms with Gasteiger partial charge in [0, 0.05) is 18.1 Å². The van der Waals surface area contributed by atoms with Crippen molar-refractivity contribution in [2.24, 2.45) is 0 Å². The van der Waals surface area contributed by atoms with Gasteiger partial charge in [-0.25, -0.2) is 12.8 Å². The van der Waals surface area contributed by atoms with E-state index in [1.165, 1.54) is 36.5 Å². The van der Waals surface area contributed by atoms with Crippen LogP contribution in [0.4, 0.5) is 4.39 Å². The number of aromatic nitrogens is 1. The van der Waals surface area contributed by atoms with Crippen LogP contribution < -0.4 is 10.1 Å². The van der Waals surface area contributed by atoms with E-state index >= 15 is 0 Å². The molecule has 0 fully saturated rings. The molecule has 0 unspecified atom stereocenters. The van der Waals surface area contributed by atoms with E-state index in [1.807, 2.05) is 0 Å². The number of rotatable bonds is 7. The summed E-state index contributed by atoms with van der Waals surface area (Å²) in [5.74, 6) is -1.31. The third kappa shape index (κ3) is 4.73. The molecule has 1 amide bonds. The first-order valence-corrected chi connectivity index (χ1v) is 11.6. The summed E-state index contributed by atoms with van der Waals surface area (Å²) in [7, 11) is -4.10. The number of sulfone groups is 1. The molecule has 4 aromatic rings. The lowest BCUT2D eigenvalue weighted by molar-refractivity contribution is 0.0925. The van der Waals surface area contributed by atoms with Crippen LogP contribution in [0.3, 0.4) is 0 Å². The lowest BCUT2D eigenvalue weighted by atomic mass is 10.2. The molecule has 0 radical (unpaired) electrons. The van der Waals surface area contributed by atoms with Gasteiger partial charge in [0.15, 0.2) is 22.9 Å². The average molecular weight is 469 g/mol. The maximum Gasteiger partial charge on any atom is 0.287 e. The van der Waals surface area contributed by atoms with Crippen LogP contribution in [-0.4, -0.2) is 25.4 Å². The van der Waals surface area contributed by atoms with E-state index < -0.39 is 26.5 Å². The molecule has 0 bridgehead atoms. The predicted molar refractivity (Wildman–Crippen MR) is 119 cm³/mol. The van der Waals surface area contributed by atoms with Crippen molar-refractivity contribution in [1.29, 1.82) is 0 Å². The molecule has 170 valence electrons. The van der Waals surface area contributed by atoms with Crippen LogP contribution in [0.5, 0.6) is 5.75 Å². The highest BCUT2D eigenvalue weighted by Gasteiger charge is 2.24. The van der Waals surface area contributed by atoms with Gasteiger partial charge in [-0.15, -0.1) is 0 Å². The molecule has 2 aromatic carbocycles. The van der Waals surface area contributed by atoms with E-state index in [9.17, 15) is 17.6 Å². The van der Waals surface area contributed by atoms with Crippen LogP contribution in [0.1, 0.15) is 30.0 Å². The molecule has 7 nitrogen and oxygen atoms in total. The third-order valence-corrected chi connectivity index (χ3v) is 6.60. The van der Waals surface area contributed by atoms with E-state index in [4.69, 9.17) is 9.15 Å². The van der Waals surface area contributed by atoms with Gasteiger partial charge >= 0.3 is 0 Å². The quantitative estimate of drug-likeness (QED) is 0.428. The molecule has 0 spiro atoms. The number of pyridine rings is 1. The lowest BCUT2D eigenvalue weighted by Gasteiger charge is -2.13. The molecule has 1 N–H and O–H groups in total. The van der Waals surface area contributed by atoms with Gasteiger partial charge in [-0.3, -0.25) is 9.78 Å². The molecule has 4 rings (SSSR count). The minimum atomic E-state index is -4.10. The first-order valence-electron chi connectivity index (χ1n) is 10.2. The number of hydrogen-bond acceptors (Lipinski definition) is 6. The summed E-state index contributed by atoms with van der Waals surface area (Å²) in [4.78, 5) is 15.8. The van der Waals surface area contributed by atoms with Crippen LogP contribution in [0, 0.1) is 5.82 Å². The Morgan fingerprint density at radius 2 is 1.91 bits per heavy atom. The molecule has 0 saturated carbocycles. The second kappa shape index (κ2) is 9.03. The van der Waals surface area contributed by atoms with Gasteiger partial charge in [0.1, 0.15) is 4.90 Å². The zero-order valence-corrected chi connectivity index (χ0v) is 18.7. The van der Waals surface area contributed by atoms with Crippen molar-refractivity contribution in [3.05, 3.63) is 84.1 Å². The summed E-state index contributed by atoms with van der Waals surface area (Å²) >= 11 is 0. The summed E-state index contributed by atoms with van der Waals surface area (Å²) in [6.45, 7) is 3.60. The molecule has 2 heterocycles. The van der Waals surface area contributed by atoms with Crippen LogP contribution >= 0.6 is 0 Å². The number of ether oxygens (including phenoxy) is 1. The Balaban J connectivity index is 1.48. The highest BCUT2D eigenvalue weighted by molar-refractivity contribution is 7.91. The maximum absolute atomic E-state index is 14.8. The first kappa shape index (κ1) is 22.5. The van der Waals surface area contributed by atoms with Crippen molar-refractivity contribution in [3.8, 4) is 5.75 Å². The van der Waals surface area contributed by atoms with E-state index in [2.05, 4.69) is 10.3 Å². The number of benzene rings is 2. The van der Waals surface area contributed by atoms with E-state index in [0.717, 1.165) is 5.39 Å². The number of fused-ring (bicyclic) bond motifs is 1. The summed E-state index contributed by atoms with van der Waals surface area (Å²) in [5, 5.41) is 3.49. The van der Waals surface area contributed by atoms with Crippen LogP contribution in [-0.2, 0) is 16.4 Å². The maximum atomic E-state index is 14.8. The zero-order chi connectivity index (χ0) is 23.6. The number of furan rings is 1. The summed E-state index contributed by atoms with van der Waals surface area (Å²) < 4.78 is 51.5. The fourth-order valence-corrected chi connectivity index (χ4v) is 4.56. The molecular weight excluding hydrogens is 447 g/mol. The number of halogens is 1. The first-order chi connectivity index (χ1) is 15.8. The van der Waals surface area contributed by atoms with E-state index in [1.54, 1.807) is 44.3 Å². The number of nitrogens with one attached hydrogen (secondary N) is 1. The molecule has 2 aromatic heterocycles. The number of carbonyl (C=O) groups excluding carboxylic acids is 1. The SMILES string of the molecule is CC(C)Oc1cccc(S(=O)(=O)c2ccc(CNC(=O)c3cc4ccncc4o3)cc2)c1F. The highest BCUT2D eigenvalue weighted by Crippen LogP contribution is 2.29. The molecule has 0 aliphatic rings. The lowest BCUT2D eigenvalue weighted by Crippen LogP contribution is -2.22. The van der Waals surface area contributed by atoms with Crippen molar-refractivity contribution >= 4 is 26.7 Å². The second-order valence-electron chi connectivity index (χ2n) is 7.59. The van der Waals surface area contributed by atoms with E-state index in [-0.39, 0.29) is 29.1 Å². The molecule has 0 aliphatic carbocycles. The fourth-order valence-electron chi connectivity index (χ4n) is 3.22. The monoisotopic (exact) mass is 468 g/mol. The predicted octanol–water partition coefficient (Wildman–Crippen LogP) is 4.52. The Morgan fingerprint density at radius 3 is 2.61 bits per heavy atom. The minimum absolute atomic E-state index is 0.0667. The Hall–Kier alpha value is -3.72. The number of hydrogen-bond donors (Lipinski definition) is 1. The molecule has 0 aliphatic heterocycles. The zero-order valence-electron chi connectivity index (χ0n) is 17.9. The Bertz CT molecular complexity index is 1380. The van der Waals surface area contributed by atoms with Crippen LogP contribution in [0.15, 0.2) is 81.2 Å². The van der Waals surface area contributed by atoms with E-state index in [0.29, 0.717) is 11.1 Å². The standard InChI is InChI=1S/C24H21FN2O5S/c1-15(2)31-19-4-3-5-22(23(19)25)33(29,30)18-8-6-16(7-9-18)13-27-24(28)20-12-17-10-11-26-14-21(17)32-20/h3-12,14-15H,13H2,1-2H3,(H,27,28). The molecular formula is C24H21FN2O5S. The van der Waals surface area contributed by atoms with Gasteiger partial charge in [0.25, 0.3) is 5.91 Å². The second-order valence-corrected chi connectivity index (χ2v) is 9.51. The number of nitrogens with zero attached hydrogens (tertiary/aromatic N) is 1. The molecule has 0 saturated heterocycles. The Labute approximate surface area is 190 Å². The van der Waals surface area contributed by atoms with Crippen molar-refractivity contribution in [2.45, 2.75) is 36.3 Å². The smallest absolute Gasteiger partial charge is 0.287 e. The highest BCUT2D eigenvalue weighted by atomic mass is 32.2. The van der Waals surface area contributed by atoms with Crippen LogP contribution in [0.25, 0.3) is 11.0 Å². The van der Waals surface area contributed by atoms with Crippen LogP contribution in [0.2, 0.25) is 0 Å². The molecule has 33 heavy (non-hydrogen) atoms. The largest absolute Gasteiger partial charge is 0.488 e. The van der Waals surface area contributed by atoms with Gasteiger partial charge in [0.05, 0.1) is 17.2 Å². The Kier molecular flexibility index (Phi) is 6.15. The van der Waals surface area contributed by atoms with Crippen molar-refractivity contribution in [2.75, 3.05) is 0 Å². The molecule has 9 heteroatoms. The topological polar surface area (TPSA) is 98.5 Å². The van der Waals surface area contributed by atoms with Gasteiger partial charge < -0.3 is 14.5 Å². The number of amides is 1. The van der Waals surface area contributed by atoms with Gasteiger partial charge in [0.2, 0.25) is 9.84 Å². The minimum Gasteiger partial charge on any atom is -0.488 e. The molecule has 0 atom stereocenters. The van der Waals surface area contributed by atoms with Crippen molar-refractivity contribution in [1.82, 2.24) is 10.3 Å². The van der Waals surface area contributed by atoms with Gasteiger partial charge in [-0.1, -0.05) is 18.2 Å². The fraction of sp³-hybridized carbons (Fsp3) is 0.167. The van der Waals surface area contributed by atoms with Gasteiger partial charge in [-0.2, -0.15) is 0 Å². The third-order valence-electron chi connectivity index (χ3n) is 4.81. The number of carbonyl (C=O) groups is 1. The summed E-state index contributed by atoms with van der Waals surface area (Å²) in [6.07, 6.45) is 2.83. The summed E-state index contributed by atoms with van der Waals surface area (Å²) in [5.41, 5.74) is 1.17. The average Bonchev–Trinajstić information content (AvgIpc) is 3.23.